The highest BCUT2D eigenvalue weighted by molar-refractivity contribution is 7.90. The number of nitrogens with one attached hydrogen (secondary N) is 1. The number of nitrogens with zero attached hydrogens (tertiary/aromatic N) is 2. The molecule has 15 heavy (non-hydrogen) atoms. The Bertz CT molecular complexity index is 411. The lowest BCUT2D eigenvalue weighted by atomic mass is 10.4. The van der Waals surface area contributed by atoms with Crippen LogP contribution in [0.5, 0.6) is 0 Å². The van der Waals surface area contributed by atoms with Crippen molar-refractivity contribution in [2.75, 3.05) is 12.0 Å². The van der Waals surface area contributed by atoms with Gasteiger partial charge in [-0.25, -0.2) is 13.4 Å². The average molecular weight is 231 g/mol. The molecule has 1 rings (SSSR count). The van der Waals surface area contributed by atoms with Crippen LogP contribution in [0, 0.1) is 0 Å². The predicted octanol–water partition coefficient (Wildman–Crippen LogP) is -0.0572. The highest BCUT2D eigenvalue weighted by Crippen LogP contribution is 1.96. The van der Waals surface area contributed by atoms with Crippen molar-refractivity contribution >= 4 is 9.84 Å². The maximum Gasteiger partial charge on any atom is 0.148 e. The summed E-state index contributed by atoms with van der Waals surface area (Å²) in [5.74, 6) is 1.05. The van der Waals surface area contributed by atoms with E-state index in [1.165, 1.54) is 6.26 Å². The number of hydrogen-bond acceptors (Lipinski definition) is 4. The minimum absolute atomic E-state index is 0.0586. The van der Waals surface area contributed by atoms with Gasteiger partial charge in [0.2, 0.25) is 0 Å². The Balaban J connectivity index is 2.41. The molecule has 0 aliphatic carbocycles. The standard InChI is InChI=1S/C9H17N3O2S/c1-8(7-15(3,13)14)11-6-9-10-4-5-12(9)2/h4-5,8,11H,6-7H2,1-3H3. The van der Waals surface area contributed by atoms with Gasteiger partial charge in [-0.05, 0) is 6.92 Å². The zero-order valence-electron chi connectivity index (χ0n) is 9.27. The number of aryl methyl sites for hydroxylation is 1. The third-order valence-electron chi connectivity index (χ3n) is 2.08. The van der Waals surface area contributed by atoms with E-state index in [-0.39, 0.29) is 11.8 Å². The van der Waals surface area contributed by atoms with Crippen LogP contribution >= 0.6 is 0 Å². The van der Waals surface area contributed by atoms with E-state index < -0.39 is 9.84 Å². The van der Waals surface area contributed by atoms with Crippen LogP contribution in [0.15, 0.2) is 12.4 Å². The molecule has 0 radical (unpaired) electrons. The van der Waals surface area contributed by atoms with Crippen LogP contribution in [0.1, 0.15) is 12.7 Å². The lowest BCUT2D eigenvalue weighted by Gasteiger charge is -2.12. The maximum atomic E-state index is 11.0. The van der Waals surface area contributed by atoms with Crippen LogP contribution in [0.4, 0.5) is 0 Å². The molecule has 1 aromatic heterocycles. The van der Waals surface area contributed by atoms with Crippen molar-refractivity contribution in [3.05, 3.63) is 18.2 Å². The number of sulfone groups is 1. The van der Waals surface area contributed by atoms with Gasteiger partial charge in [-0.1, -0.05) is 0 Å². The van der Waals surface area contributed by atoms with Crippen LogP contribution in [0.3, 0.4) is 0 Å². The molecule has 0 aromatic carbocycles. The van der Waals surface area contributed by atoms with Crippen molar-refractivity contribution in [3.63, 3.8) is 0 Å². The molecular weight excluding hydrogens is 214 g/mol. The Kier molecular flexibility index (Phi) is 3.87. The first-order chi connectivity index (χ1) is 6.88. The lowest BCUT2D eigenvalue weighted by molar-refractivity contribution is 0.545. The van der Waals surface area contributed by atoms with E-state index in [2.05, 4.69) is 10.3 Å². The molecule has 0 bridgehead atoms. The molecule has 1 heterocycles. The van der Waals surface area contributed by atoms with Crippen LogP contribution in [-0.2, 0) is 23.4 Å². The summed E-state index contributed by atoms with van der Waals surface area (Å²) in [7, 11) is -1.01. The predicted molar refractivity (Wildman–Crippen MR) is 59.2 cm³/mol. The molecule has 0 aliphatic rings. The normalized spacial score (nSPS) is 14.1. The van der Waals surface area contributed by atoms with Gasteiger partial charge in [0.1, 0.15) is 15.7 Å². The first kappa shape index (κ1) is 12.2. The Hall–Kier alpha value is -0.880. The maximum absolute atomic E-state index is 11.0. The lowest BCUT2D eigenvalue weighted by Crippen LogP contribution is -2.32. The fraction of sp³-hybridized carbons (Fsp3) is 0.667. The largest absolute Gasteiger partial charge is 0.337 e. The van der Waals surface area contributed by atoms with Crippen LogP contribution in [0.25, 0.3) is 0 Å². The Morgan fingerprint density at radius 2 is 2.27 bits per heavy atom. The Labute approximate surface area is 90.4 Å². The van der Waals surface area contributed by atoms with E-state index in [9.17, 15) is 8.42 Å². The van der Waals surface area contributed by atoms with Crippen molar-refractivity contribution in [1.29, 1.82) is 0 Å². The summed E-state index contributed by atoms with van der Waals surface area (Å²) >= 11 is 0. The zero-order chi connectivity index (χ0) is 11.5. The molecular formula is C9H17N3O2S. The summed E-state index contributed by atoms with van der Waals surface area (Å²) in [5.41, 5.74) is 0. The van der Waals surface area contributed by atoms with E-state index in [1.54, 1.807) is 6.20 Å². The van der Waals surface area contributed by atoms with Crippen molar-refractivity contribution in [1.82, 2.24) is 14.9 Å². The SMILES string of the molecule is CC(CS(C)(=O)=O)NCc1nccn1C. The molecule has 0 aliphatic heterocycles. The summed E-state index contributed by atoms with van der Waals surface area (Å²) in [4.78, 5) is 4.14. The average Bonchev–Trinajstić information content (AvgIpc) is 2.44. The van der Waals surface area contributed by atoms with Gasteiger partial charge in [0.25, 0.3) is 0 Å². The fourth-order valence-electron chi connectivity index (χ4n) is 1.35. The van der Waals surface area contributed by atoms with Gasteiger partial charge in [-0.15, -0.1) is 0 Å². The summed E-state index contributed by atoms with van der Waals surface area (Å²) in [6.07, 6.45) is 4.82. The van der Waals surface area contributed by atoms with Gasteiger partial charge >= 0.3 is 0 Å². The molecule has 0 amide bonds. The van der Waals surface area contributed by atoms with E-state index >= 15 is 0 Å². The summed E-state index contributed by atoms with van der Waals surface area (Å²) in [6.45, 7) is 2.43. The highest BCUT2D eigenvalue weighted by Gasteiger charge is 2.10. The molecule has 1 N–H and O–H groups in total. The van der Waals surface area contributed by atoms with E-state index in [0.717, 1.165) is 5.82 Å². The topological polar surface area (TPSA) is 64.0 Å². The van der Waals surface area contributed by atoms with Crippen LogP contribution < -0.4 is 5.32 Å². The Morgan fingerprint density at radius 3 is 2.73 bits per heavy atom. The molecule has 5 nitrogen and oxygen atoms in total. The van der Waals surface area contributed by atoms with Gasteiger partial charge < -0.3 is 9.88 Å². The smallest absolute Gasteiger partial charge is 0.148 e. The quantitative estimate of drug-likeness (QED) is 0.771. The fourth-order valence-corrected chi connectivity index (χ4v) is 2.37. The molecule has 6 heteroatoms. The summed E-state index contributed by atoms with van der Waals surface area (Å²) in [6, 6.07) is -0.0586. The van der Waals surface area contributed by atoms with Crippen molar-refractivity contribution < 1.29 is 8.42 Å². The summed E-state index contributed by atoms with van der Waals surface area (Å²) < 4.78 is 23.9. The first-order valence-electron chi connectivity index (χ1n) is 4.76. The monoisotopic (exact) mass is 231 g/mol. The second kappa shape index (κ2) is 4.76. The van der Waals surface area contributed by atoms with E-state index in [4.69, 9.17) is 0 Å². The van der Waals surface area contributed by atoms with Crippen molar-refractivity contribution in [2.45, 2.75) is 19.5 Å². The molecule has 0 spiro atoms. The number of aromatic nitrogens is 2. The van der Waals surface area contributed by atoms with Gasteiger partial charge in [0.15, 0.2) is 0 Å². The van der Waals surface area contributed by atoms with Crippen LogP contribution in [0.2, 0.25) is 0 Å². The molecule has 86 valence electrons. The molecule has 1 aromatic rings. The molecule has 1 unspecified atom stereocenters. The van der Waals surface area contributed by atoms with Gasteiger partial charge in [-0.2, -0.15) is 0 Å². The van der Waals surface area contributed by atoms with Crippen molar-refractivity contribution in [2.24, 2.45) is 7.05 Å². The molecule has 0 saturated carbocycles. The van der Waals surface area contributed by atoms with Gasteiger partial charge in [0, 0.05) is 31.7 Å². The molecule has 0 saturated heterocycles. The van der Waals surface area contributed by atoms with E-state index in [0.29, 0.717) is 6.54 Å². The number of imidazole rings is 1. The molecule has 1 atom stereocenters. The van der Waals surface area contributed by atoms with Gasteiger partial charge in [-0.3, -0.25) is 0 Å². The minimum atomic E-state index is -2.91. The second-order valence-corrected chi connectivity index (χ2v) is 6.01. The highest BCUT2D eigenvalue weighted by atomic mass is 32.2. The second-order valence-electron chi connectivity index (χ2n) is 3.83. The number of rotatable bonds is 5. The van der Waals surface area contributed by atoms with Gasteiger partial charge in [0.05, 0.1) is 12.3 Å². The first-order valence-corrected chi connectivity index (χ1v) is 6.82. The third-order valence-corrected chi connectivity index (χ3v) is 3.19. The Morgan fingerprint density at radius 1 is 1.60 bits per heavy atom. The van der Waals surface area contributed by atoms with Crippen molar-refractivity contribution in [3.8, 4) is 0 Å². The third kappa shape index (κ3) is 4.44. The molecule has 0 fully saturated rings. The van der Waals surface area contributed by atoms with Crippen LogP contribution in [-0.4, -0.2) is 36.0 Å². The summed E-state index contributed by atoms with van der Waals surface area (Å²) in [5, 5.41) is 3.12. The van der Waals surface area contributed by atoms with E-state index in [1.807, 2.05) is 24.7 Å². The number of hydrogen-bond donors (Lipinski definition) is 1. The minimum Gasteiger partial charge on any atom is -0.337 e. The zero-order valence-corrected chi connectivity index (χ0v) is 10.1.